The predicted molar refractivity (Wildman–Crippen MR) is 115 cm³/mol. The summed E-state index contributed by atoms with van der Waals surface area (Å²) in [5.41, 5.74) is 0.671. The number of benzene rings is 2. The van der Waals surface area contributed by atoms with E-state index in [0.717, 1.165) is 0 Å². The van der Waals surface area contributed by atoms with E-state index >= 15 is 0 Å². The molecule has 0 spiro atoms. The first kappa shape index (κ1) is 23.5. The number of halogens is 2. The molecule has 0 unspecified atom stereocenters. The smallest absolute Gasteiger partial charge is 0.338 e. The second-order valence-electron chi connectivity index (χ2n) is 5.80. The second kappa shape index (κ2) is 11.4. The number of anilines is 1. The number of hydrogen-bond donors (Lipinski definition) is 2. The van der Waals surface area contributed by atoms with Gasteiger partial charge in [-0.2, -0.15) is 0 Å². The molecule has 0 saturated carbocycles. The van der Waals surface area contributed by atoms with Gasteiger partial charge in [0.1, 0.15) is 0 Å². The molecular weight excluding hydrogens is 480 g/mol. The molecule has 0 heterocycles. The molecule has 0 atom stereocenters. The van der Waals surface area contributed by atoms with Crippen molar-refractivity contribution in [1.29, 1.82) is 0 Å². The van der Waals surface area contributed by atoms with Gasteiger partial charge in [0.25, 0.3) is 5.91 Å². The van der Waals surface area contributed by atoms with Crippen LogP contribution in [-0.2, 0) is 14.3 Å². The van der Waals surface area contributed by atoms with Crippen molar-refractivity contribution in [1.82, 2.24) is 5.32 Å². The predicted octanol–water partition coefficient (Wildman–Crippen LogP) is 3.42. The lowest BCUT2D eigenvalue weighted by atomic mass is 10.2. The summed E-state index contributed by atoms with van der Waals surface area (Å²) in [7, 11) is 1.41. The van der Waals surface area contributed by atoms with E-state index in [0.29, 0.717) is 22.5 Å². The van der Waals surface area contributed by atoms with Crippen LogP contribution in [0.25, 0.3) is 0 Å². The number of carbonyl (C=O) groups excluding carboxylic acids is 3. The van der Waals surface area contributed by atoms with Crippen molar-refractivity contribution in [3.8, 4) is 11.5 Å². The van der Waals surface area contributed by atoms with Crippen LogP contribution in [0.2, 0.25) is 5.02 Å². The van der Waals surface area contributed by atoms with Crippen LogP contribution in [0.1, 0.15) is 17.3 Å². The van der Waals surface area contributed by atoms with Crippen LogP contribution in [0.4, 0.5) is 5.69 Å². The third-order valence-electron chi connectivity index (χ3n) is 3.68. The number of methoxy groups -OCH3 is 1. The average Bonchev–Trinajstić information content (AvgIpc) is 2.73. The van der Waals surface area contributed by atoms with E-state index in [4.69, 9.17) is 25.8 Å². The molecule has 30 heavy (non-hydrogen) atoms. The third-order valence-corrected chi connectivity index (χ3v) is 4.65. The highest BCUT2D eigenvalue weighted by Crippen LogP contribution is 2.36. The zero-order chi connectivity index (χ0) is 22.1. The lowest BCUT2D eigenvalue weighted by Crippen LogP contribution is -2.35. The van der Waals surface area contributed by atoms with Gasteiger partial charge in [-0.25, -0.2) is 4.79 Å². The Morgan fingerprint density at radius 3 is 2.53 bits per heavy atom. The topological polar surface area (TPSA) is 103 Å². The van der Waals surface area contributed by atoms with Crippen molar-refractivity contribution in [2.24, 2.45) is 0 Å². The highest BCUT2D eigenvalue weighted by molar-refractivity contribution is 9.10. The first-order chi connectivity index (χ1) is 14.3. The van der Waals surface area contributed by atoms with Crippen molar-refractivity contribution < 1.29 is 28.6 Å². The van der Waals surface area contributed by atoms with Crippen molar-refractivity contribution in [2.75, 3.05) is 32.2 Å². The Balaban J connectivity index is 1.85. The summed E-state index contributed by atoms with van der Waals surface area (Å²) in [6, 6.07) is 9.82. The minimum Gasteiger partial charge on any atom is -0.493 e. The van der Waals surface area contributed by atoms with Gasteiger partial charge in [0.2, 0.25) is 5.91 Å². The molecular formula is C20H20BrClN2O6. The molecule has 2 N–H and O–H groups in total. The van der Waals surface area contributed by atoms with Crippen LogP contribution in [-0.4, -0.2) is 44.7 Å². The summed E-state index contributed by atoms with van der Waals surface area (Å²) in [6.07, 6.45) is 0. The van der Waals surface area contributed by atoms with Crippen LogP contribution >= 0.6 is 27.5 Å². The van der Waals surface area contributed by atoms with Crippen molar-refractivity contribution in [2.45, 2.75) is 6.92 Å². The number of ether oxygens (including phenoxy) is 3. The lowest BCUT2D eigenvalue weighted by Gasteiger charge is -2.13. The van der Waals surface area contributed by atoms with Gasteiger partial charge in [-0.1, -0.05) is 23.7 Å². The molecule has 0 aromatic heterocycles. The van der Waals surface area contributed by atoms with Gasteiger partial charge < -0.3 is 24.8 Å². The number of para-hydroxylation sites is 1. The average molecular weight is 500 g/mol. The van der Waals surface area contributed by atoms with Gasteiger partial charge in [0.05, 0.1) is 36.5 Å². The molecule has 0 bridgehead atoms. The summed E-state index contributed by atoms with van der Waals surface area (Å²) in [6.45, 7) is 1.32. The molecule has 0 fully saturated rings. The minimum atomic E-state index is -0.772. The van der Waals surface area contributed by atoms with Crippen LogP contribution < -0.4 is 20.1 Å². The monoisotopic (exact) mass is 498 g/mol. The molecule has 0 radical (unpaired) electrons. The van der Waals surface area contributed by atoms with Gasteiger partial charge in [-0.3, -0.25) is 9.59 Å². The Morgan fingerprint density at radius 2 is 1.87 bits per heavy atom. The van der Waals surface area contributed by atoms with E-state index in [9.17, 15) is 14.4 Å². The van der Waals surface area contributed by atoms with Gasteiger partial charge >= 0.3 is 5.97 Å². The van der Waals surface area contributed by atoms with Gasteiger partial charge in [0.15, 0.2) is 18.1 Å². The first-order valence-electron chi connectivity index (χ1n) is 8.84. The largest absolute Gasteiger partial charge is 0.493 e. The van der Waals surface area contributed by atoms with E-state index in [1.807, 2.05) is 6.07 Å². The molecule has 2 amide bonds. The number of carbonyl (C=O) groups is 3. The molecule has 2 aromatic carbocycles. The number of amides is 2. The summed E-state index contributed by atoms with van der Waals surface area (Å²) in [5.74, 6) is -1.25. The summed E-state index contributed by atoms with van der Waals surface area (Å²) in [5, 5.41) is 5.19. The van der Waals surface area contributed by atoms with Crippen LogP contribution in [0.3, 0.4) is 0 Å². The normalized spacial score (nSPS) is 10.1. The van der Waals surface area contributed by atoms with Gasteiger partial charge in [-0.15, -0.1) is 0 Å². The Hall–Kier alpha value is -2.78. The summed E-state index contributed by atoms with van der Waals surface area (Å²) >= 11 is 9.43. The van der Waals surface area contributed by atoms with Crippen molar-refractivity contribution in [3.63, 3.8) is 0 Å². The number of esters is 1. The Bertz CT molecular complexity index is 938. The fourth-order valence-electron chi connectivity index (χ4n) is 2.32. The molecule has 0 aliphatic rings. The number of nitrogens with one attached hydrogen (secondary N) is 2. The number of hydrogen-bond acceptors (Lipinski definition) is 6. The van der Waals surface area contributed by atoms with Crippen molar-refractivity contribution in [3.05, 3.63) is 51.5 Å². The highest BCUT2D eigenvalue weighted by Gasteiger charge is 2.18. The summed E-state index contributed by atoms with van der Waals surface area (Å²) in [4.78, 5) is 36.0. The third kappa shape index (κ3) is 6.64. The Labute approximate surface area is 187 Å². The number of rotatable bonds is 9. The Kier molecular flexibility index (Phi) is 8.94. The standard InChI is InChI=1S/C20H20BrClN2O6/c1-3-29-19-14(22)8-12(9-16(19)28-2)20(27)30-11-18(26)23-10-17(25)24-15-7-5-4-6-13(15)21/h4-9H,3,10-11H2,1-2H3,(H,23,26)(H,24,25). The van der Waals surface area contributed by atoms with Crippen molar-refractivity contribution >= 4 is 51.0 Å². The quantitative estimate of drug-likeness (QED) is 0.513. The SMILES string of the molecule is CCOc1c(Cl)cc(C(=O)OCC(=O)NCC(=O)Nc2ccccc2Br)cc1OC. The lowest BCUT2D eigenvalue weighted by molar-refractivity contribution is -0.126. The van der Waals surface area contributed by atoms with Gasteiger partial charge in [0, 0.05) is 4.47 Å². The zero-order valence-electron chi connectivity index (χ0n) is 16.3. The van der Waals surface area contributed by atoms with Crippen LogP contribution in [0.5, 0.6) is 11.5 Å². The summed E-state index contributed by atoms with van der Waals surface area (Å²) < 4.78 is 16.2. The molecule has 8 nitrogen and oxygen atoms in total. The van der Waals surface area contributed by atoms with E-state index in [1.54, 1.807) is 25.1 Å². The second-order valence-corrected chi connectivity index (χ2v) is 7.06. The minimum absolute atomic E-state index is 0.0970. The maximum atomic E-state index is 12.2. The van der Waals surface area contributed by atoms with E-state index < -0.39 is 24.4 Å². The van der Waals surface area contributed by atoms with E-state index in [-0.39, 0.29) is 22.9 Å². The molecule has 0 saturated heterocycles. The first-order valence-corrected chi connectivity index (χ1v) is 10.0. The maximum absolute atomic E-state index is 12.2. The molecule has 0 aliphatic heterocycles. The van der Waals surface area contributed by atoms with Gasteiger partial charge in [-0.05, 0) is 47.1 Å². The van der Waals surface area contributed by atoms with E-state index in [1.165, 1.54) is 19.2 Å². The molecule has 2 rings (SSSR count). The van der Waals surface area contributed by atoms with Crippen LogP contribution in [0.15, 0.2) is 40.9 Å². The molecule has 2 aromatic rings. The van der Waals surface area contributed by atoms with Crippen LogP contribution in [0, 0.1) is 0 Å². The molecule has 160 valence electrons. The fraction of sp³-hybridized carbons (Fsp3) is 0.250. The fourth-order valence-corrected chi connectivity index (χ4v) is 2.97. The zero-order valence-corrected chi connectivity index (χ0v) is 18.6. The molecule has 10 heteroatoms. The Morgan fingerprint density at radius 1 is 1.13 bits per heavy atom. The van der Waals surface area contributed by atoms with E-state index in [2.05, 4.69) is 26.6 Å². The molecule has 0 aliphatic carbocycles. The maximum Gasteiger partial charge on any atom is 0.338 e. The highest BCUT2D eigenvalue weighted by atomic mass is 79.9.